The summed E-state index contributed by atoms with van der Waals surface area (Å²) in [5.41, 5.74) is 0. The molecule has 0 aliphatic carbocycles. The Hall–Kier alpha value is 0.620. The van der Waals surface area contributed by atoms with Gasteiger partial charge in [-0.25, -0.2) is 0 Å². The predicted octanol–water partition coefficient (Wildman–Crippen LogP) is 4.37. The number of thiophene rings is 1. The van der Waals surface area contributed by atoms with Crippen molar-refractivity contribution in [2.75, 3.05) is 6.61 Å². The van der Waals surface area contributed by atoms with Crippen molar-refractivity contribution in [3.63, 3.8) is 0 Å². The molecule has 1 aromatic rings. The van der Waals surface area contributed by atoms with E-state index in [2.05, 4.69) is 50.9 Å². The van der Waals surface area contributed by atoms with Crippen molar-refractivity contribution in [1.29, 1.82) is 0 Å². The molecular formula is C10H12Br2OS. The molecule has 0 aromatic carbocycles. The first-order chi connectivity index (χ1) is 6.68. The maximum absolute atomic E-state index is 5.74. The highest BCUT2D eigenvalue weighted by atomic mass is 79.9. The highest BCUT2D eigenvalue weighted by Gasteiger charge is 2.32. The van der Waals surface area contributed by atoms with E-state index in [1.165, 1.54) is 15.1 Å². The highest BCUT2D eigenvalue weighted by Crippen LogP contribution is 2.40. The lowest BCUT2D eigenvalue weighted by molar-refractivity contribution is 0.0941. The van der Waals surface area contributed by atoms with Crippen LogP contribution in [0.25, 0.3) is 0 Å². The molecule has 14 heavy (non-hydrogen) atoms. The third-order valence-corrected chi connectivity index (χ3v) is 5.62. The molecule has 3 atom stereocenters. The van der Waals surface area contributed by atoms with Gasteiger partial charge in [-0.05, 0) is 40.4 Å². The third kappa shape index (κ3) is 2.23. The lowest BCUT2D eigenvalue weighted by atomic mass is 10.0. The van der Waals surface area contributed by atoms with Gasteiger partial charge in [-0.15, -0.1) is 11.3 Å². The van der Waals surface area contributed by atoms with Gasteiger partial charge in [0, 0.05) is 11.5 Å². The van der Waals surface area contributed by atoms with Gasteiger partial charge in [-0.1, -0.05) is 22.9 Å². The van der Waals surface area contributed by atoms with Crippen molar-refractivity contribution >= 4 is 43.2 Å². The molecule has 78 valence electrons. The standard InChI is InChI=1S/C10H12Br2OS/c1-6-4-5-13-10(6)9(12)7-2-3-8(11)14-7/h2-3,6,9-10H,4-5H2,1H3. The van der Waals surface area contributed by atoms with Gasteiger partial charge >= 0.3 is 0 Å². The van der Waals surface area contributed by atoms with Crippen molar-refractivity contribution in [3.8, 4) is 0 Å². The summed E-state index contributed by atoms with van der Waals surface area (Å²) in [6.45, 7) is 3.16. The molecule has 2 rings (SSSR count). The monoisotopic (exact) mass is 338 g/mol. The van der Waals surface area contributed by atoms with Crippen LogP contribution in [0, 0.1) is 5.92 Å². The Morgan fingerprint density at radius 2 is 2.36 bits per heavy atom. The topological polar surface area (TPSA) is 9.23 Å². The van der Waals surface area contributed by atoms with Crippen LogP contribution in [0.15, 0.2) is 15.9 Å². The van der Waals surface area contributed by atoms with Crippen LogP contribution in [0.5, 0.6) is 0 Å². The van der Waals surface area contributed by atoms with E-state index in [1.54, 1.807) is 11.3 Å². The molecule has 1 fully saturated rings. The number of halogens is 2. The van der Waals surface area contributed by atoms with Crippen LogP contribution in [-0.2, 0) is 4.74 Å². The Kier molecular flexibility index (Phi) is 3.68. The van der Waals surface area contributed by atoms with Gasteiger partial charge in [0.1, 0.15) is 0 Å². The van der Waals surface area contributed by atoms with E-state index in [0.29, 0.717) is 16.8 Å². The van der Waals surface area contributed by atoms with Gasteiger partial charge in [0.05, 0.1) is 14.7 Å². The van der Waals surface area contributed by atoms with Crippen molar-refractivity contribution < 1.29 is 4.74 Å². The highest BCUT2D eigenvalue weighted by molar-refractivity contribution is 9.11. The van der Waals surface area contributed by atoms with Gasteiger partial charge in [0.25, 0.3) is 0 Å². The Morgan fingerprint density at radius 1 is 1.57 bits per heavy atom. The number of hydrogen-bond donors (Lipinski definition) is 0. The fraction of sp³-hybridized carbons (Fsp3) is 0.600. The minimum absolute atomic E-state index is 0.334. The van der Waals surface area contributed by atoms with Gasteiger partial charge in [0.2, 0.25) is 0 Å². The van der Waals surface area contributed by atoms with Crippen molar-refractivity contribution in [2.45, 2.75) is 24.3 Å². The number of rotatable bonds is 2. The van der Waals surface area contributed by atoms with Crippen molar-refractivity contribution in [1.82, 2.24) is 0 Å². The fourth-order valence-corrected chi connectivity index (χ4v) is 4.27. The Balaban J connectivity index is 2.11. The first-order valence-electron chi connectivity index (χ1n) is 4.69. The summed E-state index contributed by atoms with van der Waals surface area (Å²) in [4.78, 5) is 1.69. The predicted molar refractivity (Wildman–Crippen MR) is 67.2 cm³/mol. The summed E-state index contributed by atoms with van der Waals surface area (Å²) >= 11 is 8.99. The molecule has 1 nitrogen and oxygen atoms in total. The summed E-state index contributed by atoms with van der Waals surface area (Å²) in [5.74, 6) is 0.653. The third-order valence-electron chi connectivity index (χ3n) is 2.60. The normalized spacial score (nSPS) is 29.4. The van der Waals surface area contributed by atoms with Crippen LogP contribution in [-0.4, -0.2) is 12.7 Å². The Bertz CT molecular complexity index is 313. The molecule has 1 aliphatic heterocycles. The first kappa shape index (κ1) is 11.1. The smallest absolute Gasteiger partial charge is 0.0775 e. The SMILES string of the molecule is CC1CCOC1C(Br)c1ccc(Br)s1. The molecule has 0 amide bonds. The van der Waals surface area contributed by atoms with Crippen LogP contribution in [0.4, 0.5) is 0 Å². The van der Waals surface area contributed by atoms with Crippen LogP contribution < -0.4 is 0 Å². The molecule has 1 aromatic heterocycles. The van der Waals surface area contributed by atoms with Crippen LogP contribution in [0.2, 0.25) is 0 Å². The minimum atomic E-state index is 0.334. The van der Waals surface area contributed by atoms with Gasteiger partial charge in [0.15, 0.2) is 0 Å². The second-order valence-electron chi connectivity index (χ2n) is 3.65. The van der Waals surface area contributed by atoms with Crippen molar-refractivity contribution in [2.24, 2.45) is 5.92 Å². The van der Waals surface area contributed by atoms with Crippen LogP contribution >= 0.6 is 43.2 Å². The second-order valence-corrected chi connectivity index (χ2v) is 7.13. The summed E-state index contributed by atoms with van der Waals surface area (Å²) in [5, 5.41) is 0. The molecule has 0 bridgehead atoms. The molecule has 0 saturated carbocycles. The van der Waals surface area contributed by atoms with E-state index >= 15 is 0 Å². The van der Waals surface area contributed by atoms with Crippen molar-refractivity contribution in [3.05, 3.63) is 20.8 Å². The zero-order valence-corrected chi connectivity index (χ0v) is 11.9. The molecule has 1 saturated heterocycles. The van der Waals surface area contributed by atoms with E-state index in [-0.39, 0.29) is 0 Å². The summed E-state index contributed by atoms with van der Waals surface area (Å²) in [7, 11) is 0. The molecule has 4 heteroatoms. The van der Waals surface area contributed by atoms with E-state index in [4.69, 9.17) is 4.74 Å². The first-order valence-corrected chi connectivity index (χ1v) is 7.22. The largest absolute Gasteiger partial charge is 0.376 e. The number of ether oxygens (including phenoxy) is 1. The molecule has 3 unspecified atom stereocenters. The van der Waals surface area contributed by atoms with Gasteiger partial charge < -0.3 is 4.74 Å². The molecule has 2 heterocycles. The summed E-state index contributed by atoms with van der Waals surface area (Å²) in [6, 6.07) is 4.25. The van der Waals surface area contributed by atoms with Crippen LogP contribution in [0.1, 0.15) is 23.0 Å². The summed E-state index contributed by atoms with van der Waals surface area (Å²) in [6.07, 6.45) is 1.51. The average molecular weight is 340 g/mol. The fourth-order valence-electron chi connectivity index (χ4n) is 1.73. The van der Waals surface area contributed by atoms with E-state index in [1.807, 2.05) is 0 Å². The lowest BCUT2D eigenvalue weighted by Gasteiger charge is -2.19. The van der Waals surface area contributed by atoms with E-state index in [9.17, 15) is 0 Å². The average Bonchev–Trinajstić information content (AvgIpc) is 2.73. The lowest BCUT2D eigenvalue weighted by Crippen LogP contribution is -2.18. The Labute approximate surface area is 105 Å². The quantitative estimate of drug-likeness (QED) is 0.727. The number of hydrogen-bond acceptors (Lipinski definition) is 2. The summed E-state index contributed by atoms with van der Waals surface area (Å²) < 4.78 is 6.92. The molecule has 0 N–H and O–H groups in total. The Morgan fingerprint density at radius 3 is 2.86 bits per heavy atom. The maximum atomic E-state index is 5.74. The molecule has 0 radical (unpaired) electrons. The second kappa shape index (κ2) is 4.64. The van der Waals surface area contributed by atoms with Gasteiger partial charge in [-0.3, -0.25) is 0 Å². The van der Waals surface area contributed by atoms with E-state index in [0.717, 1.165) is 6.61 Å². The molecule has 0 spiro atoms. The van der Waals surface area contributed by atoms with E-state index < -0.39 is 0 Å². The zero-order valence-electron chi connectivity index (χ0n) is 7.87. The van der Waals surface area contributed by atoms with Crippen LogP contribution in [0.3, 0.4) is 0 Å². The minimum Gasteiger partial charge on any atom is -0.376 e. The zero-order chi connectivity index (χ0) is 10.1. The molecule has 1 aliphatic rings. The maximum Gasteiger partial charge on any atom is 0.0775 e. The molecular weight excluding hydrogens is 328 g/mol. The van der Waals surface area contributed by atoms with Gasteiger partial charge in [-0.2, -0.15) is 0 Å². The number of alkyl halides is 1.